The summed E-state index contributed by atoms with van der Waals surface area (Å²) >= 11 is 0. The Bertz CT molecular complexity index is 1160. The van der Waals surface area contributed by atoms with Crippen LogP contribution in [0.5, 0.6) is 5.75 Å². The maximum absolute atomic E-state index is 14.6. The van der Waals surface area contributed by atoms with Gasteiger partial charge in [0.1, 0.15) is 17.1 Å². The Balaban J connectivity index is 1.88. The highest BCUT2D eigenvalue weighted by Crippen LogP contribution is 2.38. The molecular formula is C24H27FN4O3. The van der Waals surface area contributed by atoms with E-state index in [2.05, 4.69) is 27.1 Å². The highest BCUT2D eigenvalue weighted by Gasteiger charge is 2.22. The number of nitrogens with one attached hydrogen (secondary N) is 1. The fourth-order valence-electron chi connectivity index (χ4n) is 3.93. The maximum atomic E-state index is 14.6. The first-order valence-corrected chi connectivity index (χ1v) is 10.7. The quantitative estimate of drug-likeness (QED) is 0.595. The number of aromatic carboxylic acids is 1. The number of piperazine rings is 1. The van der Waals surface area contributed by atoms with E-state index in [1.165, 1.54) is 12.3 Å². The van der Waals surface area contributed by atoms with E-state index in [4.69, 9.17) is 4.74 Å². The number of aromatic nitrogens is 1. The van der Waals surface area contributed by atoms with Gasteiger partial charge in [-0.2, -0.15) is 0 Å². The van der Waals surface area contributed by atoms with Gasteiger partial charge < -0.3 is 25.0 Å². The number of fused-ring (bicyclic) bond motifs is 1. The van der Waals surface area contributed by atoms with Crippen LogP contribution in [0, 0.1) is 12.7 Å². The average molecular weight is 439 g/mol. The molecule has 8 heteroatoms. The Hall–Kier alpha value is -3.39. The smallest absolute Gasteiger partial charge is 0.339 e. The van der Waals surface area contributed by atoms with Gasteiger partial charge in [0.2, 0.25) is 0 Å². The van der Waals surface area contributed by atoms with Crippen LogP contribution in [0.1, 0.15) is 22.8 Å². The number of rotatable bonds is 6. The molecule has 2 heterocycles. The molecule has 0 spiro atoms. The van der Waals surface area contributed by atoms with E-state index in [0.717, 1.165) is 37.4 Å². The molecule has 1 aliphatic rings. The topological polar surface area (TPSA) is 77.9 Å². The van der Waals surface area contributed by atoms with E-state index >= 15 is 0 Å². The minimum atomic E-state index is -1.13. The highest BCUT2D eigenvalue weighted by molar-refractivity contribution is 6.06. The van der Waals surface area contributed by atoms with Gasteiger partial charge in [0.25, 0.3) is 0 Å². The van der Waals surface area contributed by atoms with Gasteiger partial charge in [-0.25, -0.2) is 9.18 Å². The van der Waals surface area contributed by atoms with Gasteiger partial charge in [0, 0.05) is 43.8 Å². The van der Waals surface area contributed by atoms with Crippen LogP contribution in [0.15, 0.2) is 36.5 Å². The third-order valence-electron chi connectivity index (χ3n) is 5.71. The van der Waals surface area contributed by atoms with Crippen LogP contribution in [0.4, 0.5) is 21.5 Å². The molecule has 0 unspecified atom stereocenters. The lowest BCUT2D eigenvalue weighted by molar-refractivity contribution is 0.0697. The zero-order valence-electron chi connectivity index (χ0n) is 18.5. The third-order valence-corrected chi connectivity index (χ3v) is 5.71. The molecule has 168 valence electrons. The van der Waals surface area contributed by atoms with E-state index in [9.17, 15) is 14.3 Å². The first-order valence-electron chi connectivity index (χ1n) is 10.7. The van der Waals surface area contributed by atoms with Gasteiger partial charge >= 0.3 is 5.97 Å². The van der Waals surface area contributed by atoms with Crippen LogP contribution < -0.4 is 15.0 Å². The summed E-state index contributed by atoms with van der Waals surface area (Å²) in [5.74, 6) is -0.881. The number of aryl methyl sites for hydroxylation is 1. The molecule has 0 aliphatic carbocycles. The Morgan fingerprint density at radius 3 is 2.62 bits per heavy atom. The number of likely N-dealkylation sites (N-methyl/N-ethyl adjacent to an activating group) is 1. The van der Waals surface area contributed by atoms with Gasteiger partial charge in [-0.05, 0) is 44.7 Å². The molecule has 2 aromatic carbocycles. The third kappa shape index (κ3) is 4.31. The van der Waals surface area contributed by atoms with Gasteiger partial charge in [-0.3, -0.25) is 4.98 Å². The summed E-state index contributed by atoms with van der Waals surface area (Å²) in [7, 11) is 2.09. The molecule has 3 aromatic rings. The zero-order chi connectivity index (χ0) is 22.8. The van der Waals surface area contributed by atoms with Crippen molar-refractivity contribution in [1.29, 1.82) is 0 Å². The first kappa shape index (κ1) is 21.8. The SMILES string of the molecule is CCOc1cc2ncc(C(=O)O)c(Nc3ccc(C)cc3F)c2cc1N1CCN(C)CC1. The van der Waals surface area contributed by atoms with Crippen LogP contribution in [0.3, 0.4) is 0 Å². The highest BCUT2D eigenvalue weighted by atomic mass is 19.1. The maximum Gasteiger partial charge on any atom is 0.339 e. The number of ether oxygens (including phenoxy) is 1. The van der Waals surface area contributed by atoms with Crippen molar-refractivity contribution in [2.24, 2.45) is 0 Å². The van der Waals surface area contributed by atoms with Crippen molar-refractivity contribution >= 4 is 33.9 Å². The number of carboxylic acids is 1. The molecule has 2 N–H and O–H groups in total. The lowest BCUT2D eigenvalue weighted by Gasteiger charge is -2.35. The second-order valence-electron chi connectivity index (χ2n) is 8.02. The normalized spacial score (nSPS) is 14.6. The van der Waals surface area contributed by atoms with Crippen molar-refractivity contribution in [2.45, 2.75) is 13.8 Å². The molecule has 0 bridgehead atoms. The molecule has 0 amide bonds. The number of benzene rings is 2. The second-order valence-corrected chi connectivity index (χ2v) is 8.02. The van der Waals surface area contributed by atoms with Crippen molar-refractivity contribution in [3.8, 4) is 5.75 Å². The van der Waals surface area contributed by atoms with Crippen molar-refractivity contribution in [3.05, 3.63) is 53.5 Å². The number of nitrogens with zero attached hydrogens (tertiary/aromatic N) is 3. The summed E-state index contributed by atoms with van der Waals surface area (Å²) in [5, 5.41) is 13.4. The molecule has 1 fully saturated rings. The second kappa shape index (κ2) is 9.00. The Kier molecular flexibility index (Phi) is 6.14. The van der Waals surface area contributed by atoms with Crippen LogP contribution in [0.2, 0.25) is 0 Å². The van der Waals surface area contributed by atoms with Gasteiger partial charge in [-0.15, -0.1) is 0 Å². The fourth-order valence-corrected chi connectivity index (χ4v) is 3.93. The van der Waals surface area contributed by atoms with E-state index in [1.807, 2.05) is 19.1 Å². The van der Waals surface area contributed by atoms with Gasteiger partial charge in [0.15, 0.2) is 0 Å². The van der Waals surface area contributed by atoms with Gasteiger partial charge in [0.05, 0.1) is 29.2 Å². The summed E-state index contributed by atoms with van der Waals surface area (Å²) in [5.41, 5.74) is 2.73. The van der Waals surface area contributed by atoms with Crippen LogP contribution in [-0.2, 0) is 0 Å². The Morgan fingerprint density at radius 1 is 1.22 bits per heavy atom. The Morgan fingerprint density at radius 2 is 1.97 bits per heavy atom. The van der Waals surface area contributed by atoms with Crippen molar-refractivity contribution in [3.63, 3.8) is 0 Å². The predicted molar refractivity (Wildman–Crippen MR) is 124 cm³/mol. The summed E-state index contributed by atoms with van der Waals surface area (Å²) in [4.78, 5) is 20.8. The summed E-state index contributed by atoms with van der Waals surface area (Å²) in [6, 6.07) is 8.53. The first-order chi connectivity index (χ1) is 15.4. The predicted octanol–water partition coefficient (Wildman–Crippen LogP) is 4.27. The molecule has 1 aliphatic heterocycles. The lowest BCUT2D eigenvalue weighted by atomic mass is 10.1. The summed E-state index contributed by atoms with van der Waals surface area (Å²) < 4.78 is 20.5. The van der Waals surface area contributed by atoms with E-state index in [0.29, 0.717) is 28.9 Å². The number of carbonyl (C=O) groups is 1. The molecule has 1 saturated heterocycles. The van der Waals surface area contributed by atoms with E-state index in [1.54, 1.807) is 19.1 Å². The molecule has 7 nitrogen and oxygen atoms in total. The van der Waals surface area contributed by atoms with Crippen molar-refractivity contribution < 1.29 is 19.0 Å². The molecule has 1 aromatic heterocycles. The van der Waals surface area contributed by atoms with Crippen molar-refractivity contribution in [1.82, 2.24) is 9.88 Å². The largest absolute Gasteiger partial charge is 0.492 e. The van der Waals surface area contributed by atoms with Crippen molar-refractivity contribution in [2.75, 3.05) is 50.1 Å². The number of hydrogen-bond acceptors (Lipinski definition) is 6. The average Bonchev–Trinajstić information content (AvgIpc) is 2.76. The number of anilines is 3. The number of carboxylic acid groups (broad SMARTS) is 1. The number of pyridine rings is 1. The van der Waals surface area contributed by atoms with Crippen LogP contribution in [0.25, 0.3) is 10.9 Å². The lowest BCUT2D eigenvalue weighted by Crippen LogP contribution is -2.44. The minimum absolute atomic E-state index is 0.0223. The molecule has 32 heavy (non-hydrogen) atoms. The van der Waals surface area contributed by atoms with Crippen LogP contribution in [-0.4, -0.2) is 60.8 Å². The molecule has 0 atom stereocenters. The monoisotopic (exact) mass is 438 g/mol. The molecule has 0 radical (unpaired) electrons. The van der Waals surface area contributed by atoms with Crippen LogP contribution >= 0.6 is 0 Å². The molecule has 4 rings (SSSR count). The zero-order valence-corrected chi connectivity index (χ0v) is 18.5. The standard InChI is InChI=1S/C24H27FN4O3/c1-4-32-22-13-20-16(12-21(22)29-9-7-28(3)8-10-29)23(17(14-26-20)24(30)31)27-19-6-5-15(2)11-18(19)25/h5-6,11-14H,4,7-10H2,1-3H3,(H,26,27)(H,30,31). The van der Waals surface area contributed by atoms with E-state index in [-0.39, 0.29) is 11.3 Å². The fraction of sp³-hybridized carbons (Fsp3) is 0.333. The molecule has 0 saturated carbocycles. The molecular weight excluding hydrogens is 411 g/mol. The summed E-state index contributed by atoms with van der Waals surface area (Å²) in [6.07, 6.45) is 1.30. The summed E-state index contributed by atoms with van der Waals surface area (Å²) in [6.45, 7) is 7.69. The number of halogens is 1. The minimum Gasteiger partial charge on any atom is -0.492 e. The van der Waals surface area contributed by atoms with E-state index < -0.39 is 11.8 Å². The van der Waals surface area contributed by atoms with Gasteiger partial charge in [-0.1, -0.05) is 6.07 Å². The number of hydrogen-bond donors (Lipinski definition) is 2. The Labute approximate surface area is 186 Å².